The average Bonchev–Trinajstić information content (AvgIpc) is 2.36. The predicted molar refractivity (Wildman–Crippen MR) is 90.6 cm³/mol. The highest BCUT2D eigenvalue weighted by molar-refractivity contribution is 9.10. The number of rotatable bonds is 6. The van der Waals surface area contributed by atoms with Crippen LogP contribution in [0.2, 0.25) is 0 Å². The molecule has 0 unspecified atom stereocenters. The van der Waals surface area contributed by atoms with Crippen LogP contribution in [0.3, 0.4) is 0 Å². The van der Waals surface area contributed by atoms with Gasteiger partial charge in [-0.15, -0.1) is 12.4 Å². The molecule has 114 valence electrons. The Morgan fingerprint density at radius 1 is 1.40 bits per heavy atom. The molecule has 0 bridgehead atoms. The zero-order chi connectivity index (χ0) is 14.5. The van der Waals surface area contributed by atoms with Crippen LogP contribution in [0.15, 0.2) is 28.7 Å². The fourth-order valence-corrected chi connectivity index (χ4v) is 2.29. The van der Waals surface area contributed by atoms with E-state index in [9.17, 15) is 4.79 Å². The molecule has 0 fully saturated rings. The molecular formula is C15H24BrClN2O. The summed E-state index contributed by atoms with van der Waals surface area (Å²) in [6, 6.07) is 8.18. The van der Waals surface area contributed by atoms with Gasteiger partial charge in [0.2, 0.25) is 5.91 Å². The lowest BCUT2D eigenvalue weighted by Crippen LogP contribution is -2.45. The van der Waals surface area contributed by atoms with Crippen molar-refractivity contribution in [3.8, 4) is 0 Å². The summed E-state index contributed by atoms with van der Waals surface area (Å²) < 4.78 is 0.992. The molecule has 1 rings (SSSR count). The summed E-state index contributed by atoms with van der Waals surface area (Å²) in [7, 11) is 0. The van der Waals surface area contributed by atoms with E-state index in [1.807, 2.05) is 38.1 Å². The second-order valence-electron chi connectivity index (χ2n) is 5.30. The first kappa shape index (κ1) is 19.4. The van der Waals surface area contributed by atoms with Gasteiger partial charge in [-0.3, -0.25) is 4.79 Å². The molecular weight excluding hydrogens is 340 g/mol. The van der Waals surface area contributed by atoms with Gasteiger partial charge in [0.25, 0.3) is 0 Å². The monoisotopic (exact) mass is 362 g/mol. The minimum Gasteiger partial charge on any atom is -0.354 e. The molecule has 1 atom stereocenters. The Kier molecular flexibility index (Phi) is 8.40. The molecule has 0 heterocycles. The Bertz CT molecular complexity index is 438. The number of nitrogens with one attached hydrogen (secondary N) is 2. The van der Waals surface area contributed by atoms with E-state index < -0.39 is 5.41 Å². The van der Waals surface area contributed by atoms with E-state index in [1.54, 1.807) is 0 Å². The molecule has 0 saturated heterocycles. The average molecular weight is 364 g/mol. The minimum atomic E-state index is -0.532. The van der Waals surface area contributed by atoms with Crippen LogP contribution in [0.1, 0.15) is 33.3 Å². The lowest BCUT2D eigenvalue weighted by molar-refractivity contribution is -0.125. The molecule has 2 N–H and O–H groups in total. The third-order valence-corrected chi connectivity index (χ3v) is 3.73. The highest BCUT2D eigenvalue weighted by Gasteiger charge is 2.29. The Hall–Kier alpha value is -0.580. The van der Waals surface area contributed by atoms with Crippen molar-refractivity contribution in [3.63, 3.8) is 0 Å². The number of carbonyl (C=O) groups is 1. The standard InChI is InChI=1S/C15H23BrN2O.ClH/c1-5-17-11(2)10-18-14(19)15(3,4)12-7-6-8-13(16)9-12;/h6-9,11,17H,5,10H2,1-4H3,(H,18,19);1H/t11-;/m1./s1. The van der Waals surface area contributed by atoms with Crippen molar-refractivity contribution in [1.29, 1.82) is 0 Å². The molecule has 0 radical (unpaired) electrons. The molecule has 3 nitrogen and oxygen atoms in total. The summed E-state index contributed by atoms with van der Waals surface area (Å²) in [6.45, 7) is 9.57. The Morgan fingerprint density at radius 2 is 2.05 bits per heavy atom. The smallest absolute Gasteiger partial charge is 0.230 e. The van der Waals surface area contributed by atoms with E-state index in [0.717, 1.165) is 16.6 Å². The van der Waals surface area contributed by atoms with Crippen LogP contribution in [0.5, 0.6) is 0 Å². The van der Waals surface area contributed by atoms with Gasteiger partial charge in [0.05, 0.1) is 5.41 Å². The SMILES string of the molecule is CCN[C@H](C)CNC(=O)C(C)(C)c1cccc(Br)c1.Cl. The van der Waals surface area contributed by atoms with Crippen molar-refractivity contribution in [3.05, 3.63) is 34.3 Å². The van der Waals surface area contributed by atoms with Crippen molar-refractivity contribution >= 4 is 34.2 Å². The Labute approximate surface area is 136 Å². The number of amides is 1. The number of hydrogen-bond acceptors (Lipinski definition) is 2. The minimum absolute atomic E-state index is 0. The molecule has 20 heavy (non-hydrogen) atoms. The van der Waals surface area contributed by atoms with Gasteiger partial charge in [-0.05, 0) is 45.0 Å². The molecule has 0 aliphatic heterocycles. The molecule has 0 saturated carbocycles. The first-order chi connectivity index (χ1) is 8.87. The highest BCUT2D eigenvalue weighted by Crippen LogP contribution is 2.25. The number of carbonyl (C=O) groups excluding carboxylic acids is 1. The van der Waals surface area contributed by atoms with Crippen LogP contribution in [0, 0.1) is 0 Å². The van der Waals surface area contributed by atoms with Crippen molar-refractivity contribution in [2.75, 3.05) is 13.1 Å². The third kappa shape index (κ3) is 5.43. The third-order valence-electron chi connectivity index (χ3n) is 3.24. The summed E-state index contributed by atoms with van der Waals surface area (Å²) in [5.74, 6) is 0.0513. The molecule has 1 aromatic rings. The summed E-state index contributed by atoms with van der Waals surface area (Å²) in [5.41, 5.74) is 0.478. The predicted octanol–water partition coefficient (Wildman–Crippen LogP) is 3.26. The van der Waals surface area contributed by atoms with Crippen molar-refractivity contribution in [1.82, 2.24) is 10.6 Å². The number of halogens is 2. The van der Waals surface area contributed by atoms with E-state index in [-0.39, 0.29) is 24.4 Å². The van der Waals surface area contributed by atoms with E-state index in [4.69, 9.17) is 0 Å². The summed E-state index contributed by atoms with van der Waals surface area (Å²) in [5, 5.41) is 6.29. The number of likely N-dealkylation sites (N-methyl/N-ethyl adjacent to an activating group) is 1. The zero-order valence-electron chi connectivity index (χ0n) is 12.5. The Morgan fingerprint density at radius 3 is 2.60 bits per heavy atom. The van der Waals surface area contributed by atoms with Crippen LogP contribution in [-0.2, 0) is 10.2 Å². The first-order valence-corrected chi connectivity index (χ1v) is 7.45. The fourth-order valence-electron chi connectivity index (χ4n) is 1.90. The maximum Gasteiger partial charge on any atom is 0.230 e. The number of hydrogen-bond donors (Lipinski definition) is 2. The van der Waals surface area contributed by atoms with E-state index in [1.165, 1.54) is 0 Å². The molecule has 0 spiro atoms. The molecule has 1 aromatic carbocycles. The second kappa shape index (κ2) is 8.65. The largest absolute Gasteiger partial charge is 0.354 e. The quantitative estimate of drug-likeness (QED) is 0.814. The first-order valence-electron chi connectivity index (χ1n) is 6.65. The van der Waals surface area contributed by atoms with Gasteiger partial charge >= 0.3 is 0 Å². The van der Waals surface area contributed by atoms with Gasteiger partial charge in [0, 0.05) is 17.1 Å². The van der Waals surface area contributed by atoms with E-state index >= 15 is 0 Å². The normalized spacial score (nSPS) is 12.4. The molecule has 0 aliphatic rings. The maximum atomic E-state index is 12.3. The van der Waals surface area contributed by atoms with Crippen molar-refractivity contribution < 1.29 is 4.79 Å². The molecule has 1 amide bonds. The van der Waals surface area contributed by atoms with Crippen LogP contribution >= 0.6 is 28.3 Å². The van der Waals surface area contributed by atoms with Gasteiger partial charge in [-0.1, -0.05) is 35.0 Å². The van der Waals surface area contributed by atoms with E-state index in [0.29, 0.717) is 6.54 Å². The highest BCUT2D eigenvalue weighted by atomic mass is 79.9. The summed E-state index contributed by atoms with van der Waals surface area (Å²) in [4.78, 5) is 12.3. The van der Waals surface area contributed by atoms with Crippen LogP contribution < -0.4 is 10.6 Å². The van der Waals surface area contributed by atoms with E-state index in [2.05, 4.69) is 40.4 Å². The van der Waals surface area contributed by atoms with Gasteiger partial charge in [0.15, 0.2) is 0 Å². The van der Waals surface area contributed by atoms with Crippen LogP contribution in [0.4, 0.5) is 0 Å². The molecule has 0 aromatic heterocycles. The summed E-state index contributed by atoms with van der Waals surface area (Å²) in [6.07, 6.45) is 0. The van der Waals surface area contributed by atoms with Gasteiger partial charge in [-0.2, -0.15) is 0 Å². The van der Waals surface area contributed by atoms with Crippen LogP contribution in [0.25, 0.3) is 0 Å². The van der Waals surface area contributed by atoms with Gasteiger partial charge < -0.3 is 10.6 Å². The zero-order valence-corrected chi connectivity index (χ0v) is 14.9. The summed E-state index contributed by atoms with van der Waals surface area (Å²) >= 11 is 3.44. The van der Waals surface area contributed by atoms with Gasteiger partial charge in [-0.25, -0.2) is 0 Å². The van der Waals surface area contributed by atoms with Gasteiger partial charge in [0.1, 0.15) is 0 Å². The maximum absolute atomic E-state index is 12.3. The number of benzene rings is 1. The topological polar surface area (TPSA) is 41.1 Å². The fraction of sp³-hybridized carbons (Fsp3) is 0.533. The Balaban J connectivity index is 0.00000361. The lowest BCUT2D eigenvalue weighted by Gasteiger charge is -2.25. The van der Waals surface area contributed by atoms with Crippen molar-refractivity contribution in [2.45, 2.75) is 39.2 Å². The molecule has 0 aliphatic carbocycles. The van der Waals surface area contributed by atoms with Crippen molar-refractivity contribution in [2.24, 2.45) is 0 Å². The second-order valence-corrected chi connectivity index (χ2v) is 6.22. The lowest BCUT2D eigenvalue weighted by atomic mass is 9.84. The van der Waals surface area contributed by atoms with Crippen LogP contribution in [-0.4, -0.2) is 25.0 Å². The molecule has 5 heteroatoms.